The summed E-state index contributed by atoms with van der Waals surface area (Å²) in [6.45, 7) is 8.01. The zero-order chi connectivity index (χ0) is 15.1. The number of rotatable bonds is 7. The number of allylic oxidation sites excluding steroid dienone is 1. The van der Waals surface area contributed by atoms with Gasteiger partial charge in [0.15, 0.2) is 0 Å². The van der Waals surface area contributed by atoms with Crippen LogP contribution in [-0.2, 0) is 6.54 Å². The molecule has 2 nitrogen and oxygen atoms in total. The molecule has 2 rings (SSSR count). The molecule has 0 aliphatic heterocycles. The first-order valence-corrected chi connectivity index (χ1v) is 7.44. The van der Waals surface area contributed by atoms with E-state index in [-0.39, 0.29) is 0 Å². The van der Waals surface area contributed by atoms with Crippen molar-refractivity contribution in [3.63, 3.8) is 0 Å². The van der Waals surface area contributed by atoms with E-state index in [1.165, 1.54) is 16.8 Å². The zero-order valence-electron chi connectivity index (χ0n) is 12.8. The molecule has 0 aliphatic rings. The Bertz CT molecular complexity index is 558. The van der Waals surface area contributed by atoms with Gasteiger partial charge in [0.2, 0.25) is 0 Å². The zero-order valence-corrected chi connectivity index (χ0v) is 12.8. The number of nitrogens with two attached hydrogens (primary N) is 1. The molecule has 0 fully saturated rings. The quantitative estimate of drug-likeness (QED) is 0.591. The number of nitrogens with zero attached hydrogens (tertiary/aromatic N) is 1. The smallest absolute Gasteiger partial charge is 0.0429 e. The molecule has 0 radical (unpaired) electrons. The normalized spacial score (nSPS) is 10.3. The summed E-state index contributed by atoms with van der Waals surface area (Å²) >= 11 is 0. The van der Waals surface area contributed by atoms with E-state index in [1.807, 2.05) is 12.1 Å². The van der Waals surface area contributed by atoms with Crippen LogP contribution < -0.4 is 10.6 Å². The highest BCUT2D eigenvalue weighted by Gasteiger charge is 2.07. The molecule has 0 aliphatic carbocycles. The first-order valence-electron chi connectivity index (χ1n) is 7.44. The second kappa shape index (κ2) is 7.53. The predicted molar refractivity (Wildman–Crippen MR) is 92.4 cm³/mol. The lowest BCUT2D eigenvalue weighted by atomic mass is 10.1. The lowest BCUT2D eigenvalue weighted by Crippen LogP contribution is -2.23. The van der Waals surface area contributed by atoms with E-state index >= 15 is 0 Å². The molecule has 2 aromatic carbocycles. The van der Waals surface area contributed by atoms with Crippen LogP contribution in [0, 0.1) is 0 Å². The van der Waals surface area contributed by atoms with Crippen LogP contribution in [0.1, 0.15) is 25.3 Å². The highest BCUT2D eigenvalue weighted by Crippen LogP contribution is 2.20. The van der Waals surface area contributed by atoms with Gasteiger partial charge in [-0.05, 0) is 49.6 Å². The Hall–Kier alpha value is -2.22. The fourth-order valence-electron chi connectivity index (χ4n) is 2.36. The van der Waals surface area contributed by atoms with Crippen molar-refractivity contribution in [2.75, 3.05) is 17.2 Å². The van der Waals surface area contributed by atoms with Crippen molar-refractivity contribution in [2.45, 2.75) is 26.3 Å². The number of nitrogen functional groups attached to an aromatic ring is 1. The van der Waals surface area contributed by atoms with Crippen LogP contribution in [0.4, 0.5) is 11.4 Å². The van der Waals surface area contributed by atoms with E-state index in [4.69, 9.17) is 5.73 Å². The lowest BCUT2D eigenvalue weighted by molar-refractivity contribution is 0.726. The maximum atomic E-state index is 5.79. The van der Waals surface area contributed by atoms with Crippen LogP contribution in [0.15, 0.2) is 66.7 Å². The van der Waals surface area contributed by atoms with E-state index in [1.54, 1.807) is 0 Å². The Morgan fingerprint density at radius 2 is 1.71 bits per heavy atom. The molecule has 0 unspecified atom stereocenters. The topological polar surface area (TPSA) is 29.3 Å². The molecule has 2 aromatic rings. The van der Waals surface area contributed by atoms with E-state index in [9.17, 15) is 0 Å². The van der Waals surface area contributed by atoms with Crippen molar-refractivity contribution >= 4 is 11.4 Å². The number of anilines is 2. The van der Waals surface area contributed by atoms with Crippen LogP contribution in [0.5, 0.6) is 0 Å². The van der Waals surface area contributed by atoms with E-state index in [2.05, 4.69) is 60.9 Å². The van der Waals surface area contributed by atoms with Gasteiger partial charge in [0, 0.05) is 24.5 Å². The molecular formula is C19H24N2. The first-order chi connectivity index (χ1) is 10.1. The molecule has 0 heterocycles. The fourth-order valence-corrected chi connectivity index (χ4v) is 2.36. The fraction of sp³-hybridized carbons (Fsp3) is 0.263. The van der Waals surface area contributed by atoms with Crippen molar-refractivity contribution < 1.29 is 0 Å². The van der Waals surface area contributed by atoms with Gasteiger partial charge in [0.05, 0.1) is 0 Å². The minimum absolute atomic E-state index is 0.806. The summed E-state index contributed by atoms with van der Waals surface area (Å²) in [5.41, 5.74) is 10.4. The molecule has 0 atom stereocenters. The second-order valence-electron chi connectivity index (χ2n) is 5.56. The molecule has 0 aromatic heterocycles. The maximum absolute atomic E-state index is 5.79. The lowest BCUT2D eigenvalue weighted by Gasteiger charge is -2.25. The summed E-state index contributed by atoms with van der Waals surface area (Å²) in [4.78, 5) is 2.40. The standard InChI is InChI=1S/C19H24N2/c1-16(2)7-6-14-21(15-17-8-4-3-5-9-17)19-12-10-18(20)11-13-19/h3-5,8-13H,1,6-7,14-15,20H2,2H3. The highest BCUT2D eigenvalue weighted by molar-refractivity contribution is 5.53. The minimum atomic E-state index is 0.806. The molecular weight excluding hydrogens is 256 g/mol. The SMILES string of the molecule is C=C(C)CCCN(Cc1ccccc1)c1ccc(N)cc1. The van der Waals surface area contributed by atoms with Gasteiger partial charge in [-0.1, -0.05) is 35.9 Å². The Morgan fingerprint density at radius 1 is 1.05 bits per heavy atom. The van der Waals surface area contributed by atoms with Crippen LogP contribution in [0.3, 0.4) is 0 Å². The Kier molecular flexibility index (Phi) is 5.44. The van der Waals surface area contributed by atoms with Gasteiger partial charge >= 0.3 is 0 Å². The third kappa shape index (κ3) is 4.99. The summed E-state index contributed by atoms with van der Waals surface area (Å²) in [5, 5.41) is 0. The van der Waals surface area contributed by atoms with Gasteiger partial charge in [-0.25, -0.2) is 0 Å². The predicted octanol–water partition coefficient (Wildman–Crippen LogP) is 4.63. The van der Waals surface area contributed by atoms with Gasteiger partial charge < -0.3 is 10.6 Å². The summed E-state index contributed by atoms with van der Waals surface area (Å²) in [6, 6.07) is 18.7. The molecule has 0 amide bonds. The van der Waals surface area contributed by atoms with Crippen LogP contribution in [-0.4, -0.2) is 6.54 Å². The summed E-state index contributed by atoms with van der Waals surface area (Å²) in [6.07, 6.45) is 2.19. The van der Waals surface area contributed by atoms with E-state index in [0.717, 1.165) is 31.6 Å². The summed E-state index contributed by atoms with van der Waals surface area (Å²) in [5.74, 6) is 0. The number of hydrogen-bond acceptors (Lipinski definition) is 2. The molecule has 2 N–H and O–H groups in total. The number of benzene rings is 2. The third-order valence-corrected chi connectivity index (χ3v) is 3.51. The van der Waals surface area contributed by atoms with Crippen LogP contribution in [0.25, 0.3) is 0 Å². The first kappa shape index (κ1) is 15.2. The Morgan fingerprint density at radius 3 is 2.33 bits per heavy atom. The summed E-state index contributed by atoms with van der Waals surface area (Å²) < 4.78 is 0. The van der Waals surface area contributed by atoms with E-state index in [0.29, 0.717) is 0 Å². The van der Waals surface area contributed by atoms with Gasteiger partial charge in [0.1, 0.15) is 0 Å². The van der Waals surface area contributed by atoms with Gasteiger partial charge in [0.25, 0.3) is 0 Å². The second-order valence-corrected chi connectivity index (χ2v) is 5.56. The van der Waals surface area contributed by atoms with Crippen molar-refractivity contribution in [2.24, 2.45) is 0 Å². The maximum Gasteiger partial charge on any atom is 0.0429 e. The monoisotopic (exact) mass is 280 g/mol. The molecule has 21 heavy (non-hydrogen) atoms. The average molecular weight is 280 g/mol. The van der Waals surface area contributed by atoms with Gasteiger partial charge in [-0.15, -0.1) is 6.58 Å². The number of hydrogen-bond donors (Lipinski definition) is 1. The summed E-state index contributed by atoms with van der Waals surface area (Å²) in [7, 11) is 0. The highest BCUT2D eigenvalue weighted by atomic mass is 15.1. The molecule has 0 spiro atoms. The largest absolute Gasteiger partial charge is 0.399 e. The molecule has 0 saturated heterocycles. The van der Waals surface area contributed by atoms with Crippen LogP contribution in [0.2, 0.25) is 0 Å². The Balaban J connectivity index is 2.09. The minimum Gasteiger partial charge on any atom is -0.399 e. The third-order valence-electron chi connectivity index (χ3n) is 3.51. The van der Waals surface area contributed by atoms with E-state index < -0.39 is 0 Å². The molecule has 2 heteroatoms. The molecule has 0 bridgehead atoms. The Labute approximate surface area is 127 Å². The van der Waals surface area contributed by atoms with Crippen LogP contribution >= 0.6 is 0 Å². The molecule has 110 valence electrons. The van der Waals surface area contributed by atoms with Crippen molar-refractivity contribution in [1.29, 1.82) is 0 Å². The van der Waals surface area contributed by atoms with Crippen molar-refractivity contribution in [1.82, 2.24) is 0 Å². The van der Waals surface area contributed by atoms with Gasteiger partial charge in [-0.2, -0.15) is 0 Å². The van der Waals surface area contributed by atoms with Crippen molar-refractivity contribution in [3.8, 4) is 0 Å². The average Bonchev–Trinajstić information content (AvgIpc) is 2.48. The van der Waals surface area contributed by atoms with Crippen molar-refractivity contribution in [3.05, 3.63) is 72.3 Å². The molecule has 0 saturated carbocycles. The van der Waals surface area contributed by atoms with Gasteiger partial charge in [-0.3, -0.25) is 0 Å².